The lowest BCUT2D eigenvalue weighted by atomic mass is 10.2. The molecule has 0 radical (unpaired) electrons. The van der Waals surface area contributed by atoms with Crippen molar-refractivity contribution in [3.05, 3.63) is 41.7 Å². The summed E-state index contributed by atoms with van der Waals surface area (Å²) in [6.45, 7) is 1.72. The monoisotopic (exact) mass is 202 g/mol. The molecule has 0 spiro atoms. The number of nitrogens with two attached hydrogens (primary N) is 1. The predicted molar refractivity (Wildman–Crippen MR) is 55.9 cm³/mol. The van der Waals surface area contributed by atoms with Crippen LogP contribution in [0.2, 0.25) is 0 Å². The fourth-order valence-corrected chi connectivity index (χ4v) is 1.11. The Morgan fingerprint density at radius 2 is 2.07 bits per heavy atom. The maximum Gasteiger partial charge on any atom is 0.349 e. The minimum Gasteiger partial charge on any atom is -0.383 e. The summed E-state index contributed by atoms with van der Waals surface area (Å²) in [5, 5.41) is 3.61. The van der Waals surface area contributed by atoms with E-state index in [4.69, 9.17) is 10.3 Å². The van der Waals surface area contributed by atoms with Crippen LogP contribution >= 0.6 is 0 Å². The highest BCUT2D eigenvalue weighted by molar-refractivity contribution is 5.98. The molecule has 0 saturated carbocycles. The Balaban J connectivity index is 2.28. The molecule has 0 amide bonds. The fourth-order valence-electron chi connectivity index (χ4n) is 1.11. The normalized spacial score (nSPS) is 11.7. The van der Waals surface area contributed by atoms with E-state index in [1.54, 1.807) is 6.92 Å². The van der Waals surface area contributed by atoms with Crippen LogP contribution in [0.5, 0.6) is 0 Å². The molecular weight excluding hydrogens is 192 g/mol. The summed E-state index contributed by atoms with van der Waals surface area (Å²) in [4.78, 5) is 7.94. The van der Waals surface area contributed by atoms with Gasteiger partial charge in [0.2, 0.25) is 0 Å². The minimum atomic E-state index is 0.175. The number of benzene rings is 1. The zero-order valence-corrected chi connectivity index (χ0v) is 8.21. The molecule has 0 atom stereocenters. The summed E-state index contributed by atoms with van der Waals surface area (Å²) in [5.41, 5.74) is 6.59. The molecule has 1 aromatic heterocycles. The van der Waals surface area contributed by atoms with Gasteiger partial charge in [0.15, 0.2) is 5.82 Å². The molecule has 0 aliphatic rings. The molecule has 0 unspecified atom stereocenters. The molecule has 15 heavy (non-hydrogen) atoms. The average Bonchev–Trinajstić information content (AvgIpc) is 2.65. The molecule has 5 heteroatoms. The van der Waals surface area contributed by atoms with Crippen LogP contribution in [0.25, 0.3) is 0 Å². The predicted octanol–water partition coefficient (Wildman–Crippen LogP) is 1.42. The SMILES string of the molecule is Cc1noc(/N=C(\N)c2ccccc2)n1. The Morgan fingerprint density at radius 1 is 1.33 bits per heavy atom. The zero-order chi connectivity index (χ0) is 10.7. The van der Waals surface area contributed by atoms with Gasteiger partial charge in [0.25, 0.3) is 0 Å². The molecule has 2 rings (SSSR count). The van der Waals surface area contributed by atoms with Gasteiger partial charge in [0, 0.05) is 5.56 Å². The molecule has 0 aliphatic heterocycles. The molecule has 0 fully saturated rings. The molecule has 0 saturated heterocycles. The number of aliphatic imine (C=N–C) groups is 1. The van der Waals surface area contributed by atoms with E-state index in [0.717, 1.165) is 5.56 Å². The Morgan fingerprint density at radius 3 is 2.67 bits per heavy atom. The van der Waals surface area contributed by atoms with Crippen LogP contribution in [0, 0.1) is 6.92 Å². The number of rotatable bonds is 2. The van der Waals surface area contributed by atoms with Gasteiger partial charge in [0.05, 0.1) is 0 Å². The van der Waals surface area contributed by atoms with Crippen molar-refractivity contribution in [2.45, 2.75) is 6.92 Å². The van der Waals surface area contributed by atoms with E-state index in [2.05, 4.69) is 15.1 Å². The first kappa shape index (κ1) is 9.39. The maximum absolute atomic E-state index is 5.76. The summed E-state index contributed by atoms with van der Waals surface area (Å²) in [7, 11) is 0. The highest BCUT2D eigenvalue weighted by atomic mass is 16.5. The topological polar surface area (TPSA) is 77.3 Å². The maximum atomic E-state index is 5.76. The third kappa shape index (κ3) is 2.19. The van der Waals surface area contributed by atoms with Crippen molar-refractivity contribution < 1.29 is 4.52 Å². The van der Waals surface area contributed by atoms with Gasteiger partial charge in [-0.05, 0) is 6.92 Å². The zero-order valence-electron chi connectivity index (χ0n) is 8.21. The van der Waals surface area contributed by atoms with E-state index in [-0.39, 0.29) is 6.01 Å². The summed E-state index contributed by atoms with van der Waals surface area (Å²) < 4.78 is 4.83. The standard InChI is InChI=1S/C10H10N4O/c1-7-12-10(15-14-7)13-9(11)8-5-3-2-4-6-8/h2-6H,1H3,(H2,11,12,13,14). The van der Waals surface area contributed by atoms with Crippen LogP contribution in [0.4, 0.5) is 6.01 Å². The number of hydrogen-bond acceptors (Lipinski definition) is 4. The van der Waals surface area contributed by atoms with Gasteiger partial charge >= 0.3 is 6.01 Å². The van der Waals surface area contributed by atoms with Crippen molar-refractivity contribution in [1.29, 1.82) is 0 Å². The Labute approximate surface area is 86.6 Å². The summed E-state index contributed by atoms with van der Waals surface area (Å²) >= 11 is 0. The number of aromatic nitrogens is 2. The van der Waals surface area contributed by atoms with E-state index in [1.165, 1.54) is 0 Å². The molecule has 1 heterocycles. The van der Waals surface area contributed by atoms with Crippen LogP contribution in [0.1, 0.15) is 11.4 Å². The van der Waals surface area contributed by atoms with Crippen molar-refractivity contribution in [3.8, 4) is 0 Å². The van der Waals surface area contributed by atoms with Gasteiger partial charge in [-0.25, -0.2) is 0 Å². The minimum absolute atomic E-state index is 0.175. The summed E-state index contributed by atoms with van der Waals surface area (Å²) in [5.74, 6) is 0.897. The molecule has 2 N–H and O–H groups in total. The van der Waals surface area contributed by atoms with Crippen molar-refractivity contribution in [3.63, 3.8) is 0 Å². The molecule has 0 aliphatic carbocycles. The number of aryl methyl sites for hydroxylation is 1. The smallest absolute Gasteiger partial charge is 0.349 e. The van der Waals surface area contributed by atoms with Gasteiger partial charge in [-0.15, -0.1) is 0 Å². The van der Waals surface area contributed by atoms with Crippen molar-refractivity contribution in [2.75, 3.05) is 0 Å². The lowest BCUT2D eigenvalue weighted by molar-refractivity contribution is 0.423. The van der Waals surface area contributed by atoms with Crippen molar-refractivity contribution in [2.24, 2.45) is 10.7 Å². The number of hydrogen-bond donors (Lipinski definition) is 1. The van der Waals surface area contributed by atoms with E-state index in [9.17, 15) is 0 Å². The van der Waals surface area contributed by atoms with Gasteiger partial charge < -0.3 is 10.3 Å². The molecule has 0 bridgehead atoms. The largest absolute Gasteiger partial charge is 0.383 e. The van der Waals surface area contributed by atoms with Crippen molar-refractivity contribution in [1.82, 2.24) is 10.1 Å². The van der Waals surface area contributed by atoms with E-state index < -0.39 is 0 Å². The Kier molecular flexibility index (Phi) is 2.45. The van der Waals surface area contributed by atoms with Crippen LogP contribution < -0.4 is 5.73 Å². The lowest BCUT2D eigenvalue weighted by Crippen LogP contribution is -2.12. The van der Waals surface area contributed by atoms with Crippen LogP contribution in [0.15, 0.2) is 39.8 Å². The molecule has 5 nitrogen and oxygen atoms in total. The van der Waals surface area contributed by atoms with Crippen LogP contribution in [-0.4, -0.2) is 16.0 Å². The second-order valence-corrected chi connectivity index (χ2v) is 2.99. The molecule has 1 aromatic carbocycles. The molecule has 76 valence electrons. The highest BCUT2D eigenvalue weighted by Crippen LogP contribution is 2.08. The number of nitrogens with zero attached hydrogens (tertiary/aromatic N) is 3. The third-order valence-electron chi connectivity index (χ3n) is 1.80. The van der Waals surface area contributed by atoms with Gasteiger partial charge in [-0.3, -0.25) is 0 Å². The van der Waals surface area contributed by atoms with Gasteiger partial charge in [-0.2, -0.15) is 9.98 Å². The van der Waals surface area contributed by atoms with E-state index in [1.807, 2.05) is 30.3 Å². The van der Waals surface area contributed by atoms with Gasteiger partial charge in [-0.1, -0.05) is 35.5 Å². The first-order valence-electron chi connectivity index (χ1n) is 4.45. The Hall–Kier alpha value is -2.17. The summed E-state index contributed by atoms with van der Waals surface area (Å²) in [6.07, 6.45) is 0. The van der Waals surface area contributed by atoms with E-state index in [0.29, 0.717) is 11.7 Å². The highest BCUT2D eigenvalue weighted by Gasteiger charge is 2.02. The number of amidine groups is 1. The Bertz CT molecular complexity index is 475. The van der Waals surface area contributed by atoms with Crippen LogP contribution in [-0.2, 0) is 0 Å². The first-order valence-corrected chi connectivity index (χ1v) is 4.45. The molecular formula is C10H10N4O. The quantitative estimate of drug-likeness (QED) is 0.590. The fraction of sp³-hybridized carbons (Fsp3) is 0.100. The molecule has 2 aromatic rings. The summed E-state index contributed by atoms with van der Waals surface area (Å²) in [6, 6.07) is 9.58. The first-order chi connectivity index (χ1) is 7.25. The van der Waals surface area contributed by atoms with Crippen molar-refractivity contribution >= 4 is 11.9 Å². The third-order valence-corrected chi connectivity index (χ3v) is 1.80. The van der Waals surface area contributed by atoms with Crippen LogP contribution in [0.3, 0.4) is 0 Å². The van der Waals surface area contributed by atoms with Gasteiger partial charge in [0.1, 0.15) is 5.84 Å². The second-order valence-electron chi connectivity index (χ2n) is 2.99. The average molecular weight is 202 g/mol. The van der Waals surface area contributed by atoms with E-state index >= 15 is 0 Å². The lowest BCUT2D eigenvalue weighted by Gasteiger charge is -1.96. The second kappa shape index (κ2) is 3.91.